The zero-order valence-electron chi connectivity index (χ0n) is 25.5. The van der Waals surface area contributed by atoms with E-state index in [1.165, 1.54) is 39.1 Å². The number of benzene rings is 6. The Hall–Kier alpha value is -5.93. The van der Waals surface area contributed by atoms with E-state index < -0.39 is 0 Å². The third kappa shape index (κ3) is 4.09. The summed E-state index contributed by atoms with van der Waals surface area (Å²) in [4.78, 5) is 7.22. The molecule has 3 nitrogen and oxygen atoms in total. The fraction of sp³-hybridized carbons (Fsp3) is 0.0465. The number of pyridine rings is 1. The predicted molar refractivity (Wildman–Crippen MR) is 192 cm³/mol. The normalized spacial score (nSPS) is 13.5. The fourth-order valence-electron chi connectivity index (χ4n) is 7.35. The minimum atomic E-state index is 0.364. The summed E-state index contributed by atoms with van der Waals surface area (Å²) in [7, 11) is 0. The molecule has 2 aromatic heterocycles. The second-order valence-corrected chi connectivity index (χ2v) is 12.0. The molecule has 218 valence electrons. The Bertz CT molecular complexity index is 2370. The van der Waals surface area contributed by atoms with E-state index in [2.05, 4.69) is 168 Å². The van der Waals surface area contributed by atoms with Crippen LogP contribution in [0.5, 0.6) is 0 Å². The standard InChI is InChI=1S/C43H31N3/c1-29-35-16-8-9-17-37(35)42-36(29)18-10-19-40(42)45(32-12-4-2-5-13-32)34-24-21-30(22-25-34)31-23-26-39-38(28-31)43-41(20-11-27-44-43)46(39)33-14-6-3-7-15-33/h2-29H,1H3. The van der Waals surface area contributed by atoms with Gasteiger partial charge in [-0.05, 0) is 94.5 Å². The largest absolute Gasteiger partial charge is 0.310 e. The summed E-state index contributed by atoms with van der Waals surface area (Å²) in [5.74, 6) is 0.364. The number of aromatic nitrogens is 2. The first-order valence-electron chi connectivity index (χ1n) is 15.9. The molecule has 0 amide bonds. The molecule has 0 bridgehead atoms. The Balaban J connectivity index is 1.16. The van der Waals surface area contributed by atoms with Crippen LogP contribution >= 0.6 is 0 Å². The molecule has 0 spiro atoms. The van der Waals surface area contributed by atoms with Crippen molar-refractivity contribution in [1.29, 1.82) is 0 Å². The van der Waals surface area contributed by atoms with E-state index in [1.807, 2.05) is 12.3 Å². The zero-order valence-corrected chi connectivity index (χ0v) is 25.5. The Morgan fingerprint density at radius 2 is 1.26 bits per heavy atom. The second kappa shape index (κ2) is 10.6. The first-order chi connectivity index (χ1) is 22.8. The molecule has 2 heterocycles. The quantitative estimate of drug-likeness (QED) is 0.199. The average molecular weight is 590 g/mol. The van der Waals surface area contributed by atoms with Crippen molar-refractivity contribution in [2.24, 2.45) is 0 Å². The molecule has 0 aliphatic heterocycles. The Kier molecular flexibility index (Phi) is 6.10. The molecule has 1 aliphatic rings. The van der Waals surface area contributed by atoms with E-state index >= 15 is 0 Å². The number of hydrogen-bond donors (Lipinski definition) is 0. The van der Waals surface area contributed by atoms with Gasteiger partial charge < -0.3 is 9.47 Å². The van der Waals surface area contributed by atoms with Crippen LogP contribution in [0.15, 0.2) is 164 Å². The van der Waals surface area contributed by atoms with Gasteiger partial charge in [-0.1, -0.05) is 97.9 Å². The number of hydrogen-bond acceptors (Lipinski definition) is 2. The van der Waals surface area contributed by atoms with Gasteiger partial charge in [0.05, 0.1) is 22.2 Å². The van der Waals surface area contributed by atoms with Crippen molar-refractivity contribution in [2.45, 2.75) is 12.8 Å². The van der Waals surface area contributed by atoms with Gasteiger partial charge in [-0.3, -0.25) is 4.98 Å². The summed E-state index contributed by atoms with van der Waals surface area (Å²) in [6.07, 6.45) is 1.89. The summed E-state index contributed by atoms with van der Waals surface area (Å²) in [6, 6.07) is 56.8. The topological polar surface area (TPSA) is 21.1 Å². The minimum absolute atomic E-state index is 0.364. The van der Waals surface area contributed by atoms with Crippen molar-refractivity contribution < 1.29 is 0 Å². The molecule has 1 unspecified atom stereocenters. The molecular weight excluding hydrogens is 558 g/mol. The van der Waals surface area contributed by atoms with Crippen LogP contribution in [0.4, 0.5) is 17.1 Å². The molecule has 1 aliphatic carbocycles. The van der Waals surface area contributed by atoms with Crippen LogP contribution in [-0.4, -0.2) is 9.55 Å². The molecule has 46 heavy (non-hydrogen) atoms. The Labute approximate surface area is 268 Å². The number of anilines is 3. The molecule has 3 heteroatoms. The third-order valence-corrected chi connectivity index (χ3v) is 9.49. The van der Waals surface area contributed by atoms with Crippen LogP contribution in [0.25, 0.3) is 49.9 Å². The van der Waals surface area contributed by atoms with Crippen LogP contribution in [0.2, 0.25) is 0 Å². The first-order valence-corrected chi connectivity index (χ1v) is 15.9. The number of rotatable bonds is 5. The van der Waals surface area contributed by atoms with E-state index in [0.29, 0.717) is 5.92 Å². The summed E-state index contributed by atoms with van der Waals surface area (Å²) in [5, 5.41) is 1.15. The van der Waals surface area contributed by atoms with Crippen LogP contribution in [0.3, 0.4) is 0 Å². The molecule has 0 saturated heterocycles. The van der Waals surface area contributed by atoms with Crippen LogP contribution in [-0.2, 0) is 0 Å². The van der Waals surface area contributed by atoms with Crippen LogP contribution in [0.1, 0.15) is 24.0 Å². The number of fused-ring (bicyclic) bond motifs is 6. The highest BCUT2D eigenvalue weighted by Gasteiger charge is 2.29. The average Bonchev–Trinajstić information content (AvgIpc) is 3.61. The maximum atomic E-state index is 4.82. The van der Waals surface area contributed by atoms with Gasteiger partial charge in [0.25, 0.3) is 0 Å². The van der Waals surface area contributed by atoms with Gasteiger partial charge in [-0.25, -0.2) is 0 Å². The van der Waals surface area contributed by atoms with Gasteiger partial charge >= 0.3 is 0 Å². The third-order valence-electron chi connectivity index (χ3n) is 9.49. The van der Waals surface area contributed by atoms with E-state index in [-0.39, 0.29) is 0 Å². The molecule has 8 aromatic rings. The zero-order chi connectivity index (χ0) is 30.6. The van der Waals surface area contributed by atoms with Gasteiger partial charge in [0.1, 0.15) is 0 Å². The molecule has 1 atom stereocenters. The molecule has 0 radical (unpaired) electrons. The van der Waals surface area contributed by atoms with Crippen molar-refractivity contribution >= 4 is 39.0 Å². The van der Waals surface area contributed by atoms with Crippen molar-refractivity contribution in [1.82, 2.24) is 9.55 Å². The maximum absolute atomic E-state index is 4.82. The predicted octanol–water partition coefficient (Wildman–Crippen LogP) is 11.4. The van der Waals surface area contributed by atoms with Crippen molar-refractivity contribution in [3.8, 4) is 27.9 Å². The van der Waals surface area contributed by atoms with E-state index in [9.17, 15) is 0 Å². The van der Waals surface area contributed by atoms with E-state index in [4.69, 9.17) is 4.98 Å². The summed E-state index contributed by atoms with van der Waals surface area (Å²) < 4.78 is 2.31. The highest BCUT2D eigenvalue weighted by molar-refractivity contribution is 6.08. The molecule has 0 saturated carbocycles. The molecule has 0 N–H and O–H groups in total. The lowest BCUT2D eigenvalue weighted by Crippen LogP contribution is -2.11. The SMILES string of the molecule is CC1c2ccccc2-c2c1cccc2N(c1ccccc1)c1ccc(-c2ccc3c(c2)c2ncccc2n3-c2ccccc2)cc1. The molecule has 9 rings (SSSR count). The Morgan fingerprint density at radius 1 is 0.565 bits per heavy atom. The van der Waals surface area contributed by atoms with Gasteiger partial charge in [0.15, 0.2) is 0 Å². The lowest BCUT2D eigenvalue weighted by Gasteiger charge is -2.28. The molecule has 6 aromatic carbocycles. The maximum Gasteiger partial charge on any atom is 0.0963 e. The lowest BCUT2D eigenvalue weighted by atomic mass is 9.98. The lowest BCUT2D eigenvalue weighted by molar-refractivity contribution is 0.956. The van der Waals surface area contributed by atoms with Crippen LogP contribution < -0.4 is 4.90 Å². The van der Waals surface area contributed by atoms with E-state index in [1.54, 1.807) is 0 Å². The van der Waals surface area contributed by atoms with Crippen molar-refractivity contribution in [3.63, 3.8) is 0 Å². The van der Waals surface area contributed by atoms with Gasteiger partial charge in [-0.2, -0.15) is 0 Å². The summed E-state index contributed by atoms with van der Waals surface area (Å²) in [5.41, 5.74) is 15.7. The Morgan fingerprint density at radius 3 is 2.09 bits per heavy atom. The van der Waals surface area contributed by atoms with Gasteiger partial charge in [0, 0.05) is 40.1 Å². The second-order valence-electron chi connectivity index (χ2n) is 12.0. The van der Waals surface area contributed by atoms with Crippen molar-refractivity contribution in [2.75, 3.05) is 4.90 Å². The van der Waals surface area contributed by atoms with Crippen molar-refractivity contribution in [3.05, 3.63) is 175 Å². The highest BCUT2D eigenvalue weighted by atomic mass is 15.1. The monoisotopic (exact) mass is 589 g/mol. The van der Waals surface area contributed by atoms with E-state index in [0.717, 1.165) is 39.0 Å². The summed E-state index contributed by atoms with van der Waals surface area (Å²) in [6.45, 7) is 2.32. The minimum Gasteiger partial charge on any atom is -0.310 e. The first kappa shape index (κ1) is 26.5. The molecular formula is C43H31N3. The number of para-hydroxylation sites is 2. The number of nitrogens with zero attached hydrogens (tertiary/aromatic N) is 3. The summed E-state index contributed by atoms with van der Waals surface area (Å²) >= 11 is 0. The van der Waals surface area contributed by atoms with Gasteiger partial charge in [0.2, 0.25) is 0 Å². The fourth-order valence-corrected chi connectivity index (χ4v) is 7.35. The smallest absolute Gasteiger partial charge is 0.0963 e. The van der Waals surface area contributed by atoms with Gasteiger partial charge in [-0.15, -0.1) is 0 Å². The highest BCUT2D eigenvalue weighted by Crippen LogP contribution is 2.51. The molecule has 0 fully saturated rings. The van der Waals surface area contributed by atoms with Crippen LogP contribution in [0, 0.1) is 0 Å².